The van der Waals surface area contributed by atoms with Crippen LogP contribution in [0.4, 0.5) is 5.69 Å². The van der Waals surface area contributed by atoms with E-state index in [9.17, 15) is 10.1 Å². The van der Waals surface area contributed by atoms with Crippen LogP contribution in [0.25, 0.3) is 0 Å². The van der Waals surface area contributed by atoms with Gasteiger partial charge in [-0.3, -0.25) is 10.1 Å². The lowest BCUT2D eigenvalue weighted by atomic mass is 9.99. The second-order valence-corrected chi connectivity index (χ2v) is 3.86. The maximum Gasteiger partial charge on any atom is 0.269 e. The van der Waals surface area contributed by atoms with E-state index in [1.54, 1.807) is 13.8 Å². The van der Waals surface area contributed by atoms with Gasteiger partial charge in [0, 0.05) is 18.6 Å². The molecule has 0 saturated carbocycles. The van der Waals surface area contributed by atoms with E-state index in [0.717, 1.165) is 16.7 Å². The Morgan fingerprint density at radius 2 is 1.93 bits per heavy atom. The van der Waals surface area contributed by atoms with Crippen LogP contribution in [0, 0.1) is 24.0 Å². The average Bonchev–Trinajstić information content (AvgIpc) is 2.10. The number of rotatable bonds is 3. The molecule has 1 N–H and O–H groups in total. The fourth-order valence-corrected chi connectivity index (χ4v) is 1.65. The Morgan fingerprint density at radius 3 is 2.27 bits per heavy atom. The number of nitro groups is 1. The summed E-state index contributed by atoms with van der Waals surface area (Å²) in [5, 5.41) is 19.5. The average molecular weight is 225 g/mol. The molecule has 80 valence electrons. The van der Waals surface area contributed by atoms with Gasteiger partial charge in [-0.25, -0.2) is 0 Å². The Hall–Kier alpha value is -1.49. The van der Waals surface area contributed by atoms with Crippen LogP contribution in [0.1, 0.15) is 16.7 Å². The lowest BCUT2D eigenvalue weighted by Crippen LogP contribution is -2.03. The van der Waals surface area contributed by atoms with Crippen molar-refractivity contribution in [2.45, 2.75) is 20.3 Å². The van der Waals surface area contributed by atoms with Crippen molar-refractivity contribution >= 4 is 23.0 Å². The van der Waals surface area contributed by atoms with Crippen molar-refractivity contribution in [2.24, 2.45) is 0 Å². The largest absolute Gasteiger partial charge is 0.502 e. The fourth-order valence-electron chi connectivity index (χ4n) is 1.51. The summed E-state index contributed by atoms with van der Waals surface area (Å²) in [4.78, 5) is 10.1. The maximum absolute atomic E-state index is 10.6. The maximum atomic E-state index is 10.6. The first-order valence-corrected chi connectivity index (χ1v) is 4.79. The summed E-state index contributed by atoms with van der Waals surface area (Å²) in [6.45, 7) is 3.54. The van der Waals surface area contributed by atoms with Crippen LogP contribution in [-0.4, -0.2) is 15.1 Å². The fraction of sp³-hybridized carbons (Fsp3) is 0.300. The van der Waals surface area contributed by atoms with Crippen LogP contribution in [0.15, 0.2) is 12.1 Å². The number of benzene rings is 1. The summed E-state index contributed by atoms with van der Waals surface area (Å²) in [6, 6.07) is 2.97. The van der Waals surface area contributed by atoms with Crippen molar-refractivity contribution < 1.29 is 10.0 Å². The number of nitro benzene ring substituents is 1. The monoisotopic (exact) mass is 225 g/mol. The Morgan fingerprint density at radius 1 is 1.47 bits per heavy atom. The van der Waals surface area contributed by atoms with E-state index in [-0.39, 0.29) is 17.2 Å². The molecule has 0 unspecified atom stereocenters. The van der Waals surface area contributed by atoms with E-state index < -0.39 is 4.92 Å². The quantitative estimate of drug-likeness (QED) is 0.488. The number of aliphatic hydroxyl groups is 1. The van der Waals surface area contributed by atoms with Gasteiger partial charge in [-0.15, -0.1) is 0 Å². The van der Waals surface area contributed by atoms with E-state index in [4.69, 9.17) is 5.11 Å². The van der Waals surface area contributed by atoms with Crippen molar-refractivity contribution in [1.82, 2.24) is 0 Å². The molecule has 0 saturated heterocycles. The molecule has 0 heterocycles. The molecule has 0 fully saturated rings. The number of non-ortho nitro benzene ring substituents is 1. The standard InChI is InChI=1S/C10H11NO3S/c1-6-3-8(11(13)14)4-7(2)9(6)5-10(12)15/h3-4H,5H2,1-2H3,(H,12,15). The smallest absolute Gasteiger partial charge is 0.269 e. The highest BCUT2D eigenvalue weighted by Gasteiger charge is 2.12. The highest BCUT2D eigenvalue weighted by molar-refractivity contribution is 7.80. The lowest BCUT2D eigenvalue weighted by Gasteiger charge is -2.07. The number of thiocarbonyl (C=S) groups is 1. The van der Waals surface area contributed by atoms with Gasteiger partial charge in [0.2, 0.25) is 0 Å². The summed E-state index contributed by atoms with van der Waals surface area (Å²) >= 11 is 4.60. The summed E-state index contributed by atoms with van der Waals surface area (Å²) in [5.41, 5.74) is 2.47. The summed E-state index contributed by atoms with van der Waals surface area (Å²) < 4.78 is 0. The van der Waals surface area contributed by atoms with E-state index in [2.05, 4.69) is 12.2 Å². The minimum Gasteiger partial charge on any atom is -0.502 e. The topological polar surface area (TPSA) is 63.4 Å². The van der Waals surface area contributed by atoms with Crippen LogP contribution >= 0.6 is 12.2 Å². The number of hydrogen-bond donors (Lipinski definition) is 1. The lowest BCUT2D eigenvalue weighted by molar-refractivity contribution is -0.385. The molecule has 15 heavy (non-hydrogen) atoms. The van der Waals surface area contributed by atoms with Crippen molar-refractivity contribution in [3.05, 3.63) is 38.9 Å². The zero-order valence-corrected chi connectivity index (χ0v) is 9.30. The predicted octanol–water partition coefficient (Wildman–Crippen LogP) is 2.64. The van der Waals surface area contributed by atoms with Crippen LogP contribution in [-0.2, 0) is 6.42 Å². The van der Waals surface area contributed by atoms with Gasteiger partial charge in [-0.05, 0) is 42.8 Å². The second-order valence-electron chi connectivity index (χ2n) is 3.39. The highest BCUT2D eigenvalue weighted by Crippen LogP contribution is 2.22. The third-order valence-corrected chi connectivity index (χ3v) is 2.36. The van der Waals surface area contributed by atoms with E-state index >= 15 is 0 Å². The molecule has 0 aliphatic heterocycles. The Kier molecular flexibility index (Phi) is 3.36. The number of aliphatic hydroxyl groups excluding tert-OH is 1. The van der Waals surface area contributed by atoms with Gasteiger partial charge in [0.1, 0.15) is 0 Å². The minimum atomic E-state index is -0.430. The molecule has 4 nitrogen and oxygen atoms in total. The molecule has 0 spiro atoms. The Bertz CT molecular complexity index is 406. The van der Waals surface area contributed by atoms with Crippen LogP contribution in [0.2, 0.25) is 0 Å². The SMILES string of the molecule is Cc1cc([N+](=O)[O-])cc(C)c1CC(O)=S. The molecule has 1 aromatic carbocycles. The molecule has 0 bridgehead atoms. The first-order chi connectivity index (χ1) is 6.91. The molecule has 0 atom stereocenters. The van der Waals surface area contributed by atoms with Gasteiger partial charge in [-0.1, -0.05) is 0 Å². The van der Waals surface area contributed by atoms with Crippen molar-refractivity contribution in [3.63, 3.8) is 0 Å². The molecule has 5 heteroatoms. The second kappa shape index (κ2) is 4.35. The molecule has 0 aliphatic carbocycles. The molecular weight excluding hydrogens is 214 g/mol. The van der Waals surface area contributed by atoms with Crippen molar-refractivity contribution in [1.29, 1.82) is 0 Å². The molecule has 0 amide bonds. The summed E-state index contributed by atoms with van der Waals surface area (Å²) in [7, 11) is 0. The first-order valence-electron chi connectivity index (χ1n) is 4.38. The Labute approximate surface area is 92.7 Å². The van der Waals surface area contributed by atoms with Gasteiger partial charge in [0.15, 0.2) is 5.05 Å². The third-order valence-electron chi connectivity index (χ3n) is 2.22. The van der Waals surface area contributed by atoms with Gasteiger partial charge >= 0.3 is 0 Å². The normalized spacial score (nSPS) is 10.0. The van der Waals surface area contributed by atoms with Gasteiger partial charge in [0.25, 0.3) is 5.69 Å². The number of hydrogen-bond acceptors (Lipinski definition) is 3. The van der Waals surface area contributed by atoms with Crippen molar-refractivity contribution in [3.8, 4) is 0 Å². The molecule has 1 aromatic rings. The molecule has 0 radical (unpaired) electrons. The molecular formula is C10H11NO3S. The van der Waals surface area contributed by atoms with Gasteiger partial charge in [0.05, 0.1) is 4.92 Å². The van der Waals surface area contributed by atoms with Crippen LogP contribution < -0.4 is 0 Å². The first kappa shape index (κ1) is 11.6. The minimum absolute atomic E-state index is 0.0672. The Balaban J connectivity index is 3.21. The van der Waals surface area contributed by atoms with Crippen LogP contribution in [0.3, 0.4) is 0 Å². The van der Waals surface area contributed by atoms with E-state index in [1.165, 1.54) is 12.1 Å². The molecule has 0 aliphatic rings. The van der Waals surface area contributed by atoms with Crippen LogP contribution in [0.5, 0.6) is 0 Å². The molecule has 1 rings (SSSR count). The molecule has 0 aromatic heterocycles. The third kappa shape index (κ3) is 2.73. The predicted molar refractivity (Wildman–Crippen MR) is 61.5 cm³/mol. The highest BCUT2D eigenvalue weighted by atomic mass is 32.1. The van der Waals surface area contributed by atoms with Gasteiger partial charge < -0.3 is 5.11 Å². The number of aryl methyl sites for hydroxylation is 2. The van der Waals surface area contributed by atoms with E-state index in [0.29, 0.717) is 0 Å². The zero-order valence-electron chi connectivity index (χ0n) is 8.48. The van der Waals surface area contributed by atoms with Crippen molar-refractivity contribution in [2.75, 3.05) is 0 Å². The van der Waals surface area contributed by atoms with Gasteiger partial charge in [-0.2, -0.15) is 0 Å². The van der Waals surface area contributed by atoms with E-state index in [1.807, 2.05) is 0 Å². The number of nitrogens with zero attached hydrogens (tertiary/aromatic N) is 1. The summed E-state index contributed by atoms with van der Waals surface area (Å²) in [6.07, 6.45) is 0.269. The summed E-state index contributed by atoms with van der Waals surface area (Å²) in [5.74, 6) is 0. The zero-order chi connectivity index (χ0) is 11.6.